The van der Waals surface area contributed by atoms with Crippen LogP contribution in [0.5, 0.6) is 0 Å². The number of ether oxygens (including phenoxy) is 1. The van der Waals surface area contributed by atoms with E-state index in [-0.39, 0.29) is 23.6 Å². The number of nitrogens with one attached hydrogen (secondary N) is 2. The Bertz CT molecular complexity index is 980. The Hall–Kier alpha value is -2.67. The van der Waals surface area contributed by atoms with E-state index in [1.54, 1.807) is 4.90 Å². The molecule has 7 heteroatoms. The van der Waals surface area contributed by atoms with Crippen molar-refractivity contribution in [2.75, 3.05) is 11.9 Å². The molecule has 1 aromatic carbocycles. The Labute approximate surface area is 189 Å². The van der Waals surface area contributed by atoms with Gasteiger partial charge >= 0.3 is 0 Å². The summed E-state index contributed by atoms with van der Waals surface area (Å²) in [5.41, 5.74) is 0.0709. The average molecular weight is 440 g/mol. The standard InChI is InChI=1S/C25H33N3O4/c1-14(2)13-28-20(22(30)27-24(4,5)6)25-12-11-17(32-25)18(19(25)23(28)31)21(29)26-16-10-8-7-9-15(16)3/h7-12,14,17-20H,13H2,1-6H3,(H,26,29)(H,27,30)/t17-,18-,19+,20-,25-/m1/s1. The number of benzene rings is 1. The molecule has 0 unspecified atom stereocenters. The van der Waals surface area contributed by atoms with E-state index in [9.17, 15) is 14.4 Å². The van der Waals surface area contributed by atoms with Crippen molar-refractivity contribution < 1.29 is 19.1 Å². The van der Waals surface area contributed by atoms with Gasteiger partial charge in [0.25, 0.3) is 0 Å². The van der Waals surface area contributed by atoms with Crippen LogP contribution in [-0.4, -0.2) is 52.5 Å². The van der Waals surface area contributed by atoms with Crippen LogP contribution in [-0.2, 0) is 19.1 Å². The second kappa shape index (κ2) is 7.73. The molecule has 0 aromatic heterocycles. The largest absolute Gasteiger partial charge is 0.359 e. The lowest BCUT2D eigenvalue weighted by Crippen LogP contribution is -2.58. The number of carbonyl (C=O) groups is 3. The highest BCUT2D eigenvalue weighted by atomic mass is 16.5. The first kappa shape index (κ1) is 22.5. The first-order chi connectivity index (χ1) is 14.9. The SMILES string of the molecule is Cc1ccccc1NC(=O)[C@H]1[C@H]2C(=O)N(CC(C)C)[C@H](C(=O)NC(C)(C)C)[C@@]23C=C[C@H]1O3. The van der Waals surface area contributed by atoms with E-state index in [0.717, 1.165) is 5.56 Å². The van der Waals surface area contributed by atoms with Gasteiger partial charge in [-0.1, -0.05) is 44.2 Å². The first-order valence-corrected chi connectivity index (χ1v) is 11.3. The number of aryl methyl sites for hydroxylation is 1. The van der Waals surface area contributed by atoms with E-state index in [4.69, 9.17) is 4.74 Å². The molecule has 3 aliphatic rings. The summed E-state index contributed by atoms with van der Waals surface area (Å²) in [5, 5.41) is 6.00. The van der Waals surface area contributed by atoms with E-state index in [2.05, 4.69) is 10.6 Å². The second-order valence-electron chi connectivity index (χ2n) is 10.6. The maximum Gasteiger partial charge on any atom is 0.246 e. The zero-order valence-corrected chi connectivity index (χ0v) is 19.6. The highest BCUT2D eigenvalue weighted by Crippen LogP contribution is 2.55. The maximum absolute atomic E-state index is 13.7. The first-order valence-electron chi connectivity index (χ1n) is 11.3. The number of para-hydroxylation sites is 1. The van der Waals surface area contributed by atoms with Gasteiger partial charge in [0.15, 0.2) is 0 Å². The van der Waals surface area contributed by atoms with E-state index >= 15 is 0 Å². The molecular formula is C25H33N3O4. The Kier molecular flexibility index (Phi) is 5.44. The molecule has 2 saturated heterocycles. The van der Waals surface area contributed by atoms with E-state index < -0.39 is 35.1 Å². The molecular weight excluding hydrogens is 406 g/mol. The summed E-state index contributed by atoms with van der Waals surface area (Å²) >= 11 is 0. The Balaban J connectivity index is 1.69. The number of anilines is 1. The molecule has 2 bridgehead atoms. The Morgan fingerprint density at radius 3 is 2.50 bits per heavy atom. The molecule has 0 aliphatic carbocycles. The Morgan fingerprint density at radius 2 is 1.88 bits per heavy atom. The van der Waals surface area contributed by atoms with Crippen LogP contribution < -0.4 is 10.6 Å². The molecule has 1 spiro atoms. The number of fused-ring (bicyclic) bond motifs is 1. The minimum Gasteiger partial charge on any atom is -0.359 e. The second-order valence-corrected chi connectivity index (χ2v) is 10.6. The monoisotopic (exact) mass is 439 g/mol. The normalized spacial score (nSPS) is 30.7. The molecule has 1 aromatic rings. The van der Waals surface area contributed by atoms with Crippen LogP contribution >= 0.6 is 0 Å². The number of hydrogen-bond donors (Lipinski definition) is 2. The van der Waals surface area contributed by atoms with Crippen LogP contribution in [0.15, 0.2) is 36.4 Å². The fourth-order valence-electron chi connectivity index (χ4n) is 5.22. The highest BCUT2D eigenvalue weighted by molar-refractivity contribution is 6.03. The van der Waals surface area contributed by atoms with Crippen molar-refractivity contribution >= 4 is 23.4 Å². The number of nitrogens with zero attached hydrogens (tertiary/aromatic N) is 1. The van der Waals surface area contributed by atoms with Crippen molar-refractivity contribution in [1.82, 2.24) is 10.2 Å². The van der Waals surface area contributed by atoms with E-state index in [0.29, 0.717) is 12.2 Å². The third-order valence-corrected chi connectivity index (χ3v) is 6.39. The van der Waals surface area contributed by atoms with E-state index in [1.165, 1.54) is 0 Å². The molecule has 2 fully saturated rings. The molecule has 0 radical (unpaired) electrons. The summed E-state index contributed by atoms with van der Waals surface area (Å²) in [5.74, 6) is -1.94. The number of amides is 3. The molecule has 7 nitrogen and oxygen atoms in total. The predicted octanol–water partition coefficient (Wildman–Crippen LogP) is 2.65. The minimum atomic E-state index is -1.13. The van der Waals surface area contributed by atoms with Crippen LogP contribution in [0, 0.1) is 24.7 Å². The predicted molar refractivity (Wildman–Crippen MR) is 122 cm³/mol. The number of carbonyl (C=O) groups excluding carboxylic acids is 3. The van der Waals surface area contributed by atoms with Crippen LogP contribution in [0.3, 0.4) is 0 Å². The summed E-state index contributed by atoms with van der Waals surface area (Å²) in [6.45, 7) is 12.1. The summed E-state index contributed by atoms with van der Waals surface area (Å²) in [4.78, 5) is 42.1. The molecule has 3 heterocycles. The van der Waals surface area contributed by atoms with Crippen LogP contribution in [0.2, 0.25) is 0 Å². The van der Waals surface area contributed by atoms with E-state index in [1.807, 2.05) is 78.0 Å². The van der Waals surface area contributed by atoms with Gasteiger partial charge in [0.1, 0.15) is 11.6 Å². The number of hydrogen-bond acceptors (Lipinski definition) is 4. The van der Waals surface area contributed by atoms with Crippen molar-refractivity contribution in [1.29, 1.82) is 0 Å². The van der Waals surface area contributed by atoms with Gasteiger partial charge in [-0.2, -0.15) is 0 Å². The molecule has 32 heavy (non-hydrogen) atoms. The zero-order chi connectivity index (χ0) is 23.4. The third kappa shape index (κ3) is 3.62. The number of rotatable bonds is 5. The lowest BCUT2D eigenvalue weighted by atomic mass is 9.74. The lowest BCUT2D eigenvalue weighted by Gasteiger charge is -2.35. The minimum absolute atomic E-state index is 0.166. The van der Waals surface area contributed by atoms with Crippen LogP contribution in [0.1, 0.15) is 40.2 Å². The average Bonchev–Trinajstić information content (AvgIpc) is 3.30. The van der Waals surface area contributed by atoms with Crippen molar-refractivity contribution in [2.24, 2.45) is 17.8 Å². The summed E-state index contributed by atoms with van der Waals surface area (Å²) in [6.07, 6.45) is 3.15. The van der Waals surface area contributed by atoms with Gasteiger partial charge < -0.3 is 20.3 Å². The van der Waals surface area contributed by atoms with Crippen molar-refractivity contribution in [2.45, 2.75) is 64.8 Å². The maximum atomic E-state index is 13.7. The molecule has 3 aliphatic heterocycles. The van der Waals surface area contributed by atoms with Gasteiger partial charge in [0.05, 0.1) is 17.9 Å². The van der Waals surface area contributed by atoms with Crippen molar-refractivity contribution in [3.05, 3.63) is 42.0 Å². The lowest BCUT2D eigenvalue weighted by molar-refractivity contribution is -0.142. The quantitative estimate of drug-likeness (QED) is 0.691. The molecule has 2 N–H and O–H groups in total. The summed E-state index contributed by atoms with van der Waals surface area (Å²) in [7, 11) is 0. The molecule has 172 valence electrons. The zero-order valence-electron chi connectivity index (χ0n) is 19.6. The summed E-state index contributed by atoms with van der Waals surface area (Å²) < 4.78 is 6.32. The summed E-state index contributed by atoms with van der Waals surface area (Å²) in [6, 6.07) is 6.73. The van der Waals surface area contributed by atoms with Gasteiger partial charge in [-0.3, -0.25) is 14.4 Å². The van der Waals surface area contributed by atoms with Crippen LogP contribution in [0.25, 0.3) is 0 Å². The van der Waals surface area contributed by atoms with Crippen LogP contribution in [0.4, 0.5) is 5.69 Å². The molecule has 0 saturated carbocycles. The van der Waals surface area contributed by atoms with Gasteiger partial charge in [0.2, 0.25) is 17.7 Å². The molecule has 5 atom stereocenters. The van der Waals surface area contributed by atoms with Gasteiger partial charge in [-0.25, -0.2) is 0 Å². The fourth-order valence-corrected chi connectivity index (χ4v) is 5.22. The third-order valence-electron chi connectivity index (χ3n) is 6.39. The number of likely N-dealkylation sites (tertiary alicyclic amines) is 1. The van der Waals surface area contributed by atoms with Gasteiger partial charge in [0, 0.05) is 17.8 Å². The highest BCUT2D eigenvalue weighted by Gasteiger charge is 2.72. The smallest absolute Gasteiger partial charge is 0.246 e. The fraction of sp³-hybridized carbons (Fsp3) is 0.560. The van der Waals surface area contributed by atoms with Gasteiger partial charge in [-0.15, -0.1) is 0 Å². The molecule has 3 amide bonds. The Morgan fingerprint density at radius 1 is 1.19 bits per heavy atom. The molecule has 4 rings (SSSR count). The van der Waals surface area contributed by atoms with Gasteiger partial charge in [-0.05, 0) is 45.2 Å². The van der Waals surface area contributed by atoms with Crippen molar-refractivity contribution in [3.63, 3.8) is 0 Å². The topological polar surface area (TPSA) is 87.7 Å². The van der Waals surface area contributed by atoms with Crippen molar-refractivity contribution in [3.8, 4) is 0 Å².